The molecule has 21 heavy (non-hydrogen) atoms. The Bertz CT molecular complexity index is 471. The third-order valence-corrected chi connectivity index (χ3v) is 6.39. The van der Waals surface area contributed by atoms with Crippen LogP contribution in [0.3, 0.4) is 0 Å². The van der Waals surface area contributed by atoms with Crippen molar-refractivity contribution >= 4 is 29.5 Å². The van der Waals surface area contributed by atoms with Gasteiger partial charge >= 0.3 is 5.97 Å². The van der Waals surface area contributed by atoms with Crippen molar-refractivity contribution in [2.75, 3.05) is 18.6 Å². The summed E-state index contributed by atoms with van der Waals surface area (Å²) in [5.41, 5.74) is 1.23. The van der Waals surface area contributed by atoms with E-state index in [9.17, 15) is 4.79 Å². The van der Waals surface area contributed by atoms with E-state index in [0.717, 1.165) is 19.3 Å². The Kier molecular flexibility index (Phi) is 6.77. The van der Waals surface area contributed by atoms with Gasteiger partial charge in [-0.2, -0.15) is 0 Å². The maximum Gasteiger partial charge on any atom is 0.311 e. The molecule has 1 saturated heterocycles. The first kappa shape index (κ1) is 16.6. The summed E-state index contributed by atoms with van der Waals surface area (Å²) >= 11 is 3.90. The maximum absolute atomic E-state index is 11.8. The lowest BCUT2D eigenvalue weighted by atomic mass is 10.2. The molecule has 0 spiro atoms. The fraction of sp³-hybridized carbons (Fsp3) is 0.562. The summed E-state index contributed by atoms with van der Waals surface area (Å²) < 4.78 is 11.3. The van der Waals surface area contributed by atoms with Crippen LogP contribution in [-0.4, -0.2) is 24.6 Å². The molecule has 2 rings (SSSR count). The molecule has 0 saturated carbocycles. The Morgan fingerprint density at radius 2 is 2.00 bits per heavy atom. The van der Waals surface area contributed by atoms with Gasteiger partial charge in [-0.25, -0.2) is 0 Å². The summed E-state index contributed by atoms with van der Waals surface area (Å²) in [6.45, 7) is 2.12. The molecule has 0 radical (unpaired) electrons. The van der Waals surface area contributed by atoms with E-state index in [4.69, 9.17) is 9.47 Å². The van der Waals surface area contributed by atoms with Crippen molar-refractivity contribution in [2.24, 2.45) is 0 Å². The number of benzene rings is 1. The number of rotatable bonds is 7. The van der Waals surface area contributed by atoms with Crippen LogP contribution < -0.4 is 9.47 Å². The van der Waals surface area contributed by atoms with Crippen molar-refractivity contribution in [1.29, 1.82) is 0 Å². The van der Waals surface area contributed by atoms with Gasteiger partial charge in [0.2, 0.25) is 0 Å². The molecule has 116 valence electrons. The molecule has 5 heteroatoms. The lowest BCUT2D eigenvalue weighted by molar-refractivity contribution is -0.134. The van der Waals surface area contributed by atoms with Crippen LogP contribution in [0.4, 0.5) is 0 Å². The first-order valence-corrected chi connectivity index (χ1v) is 9.46. The fourth-order valence-electron chi connectivity index (χ4n) is 2.16. The fourth-order valence-corrected chi connectivity index (χ4v) is 5.00. The topological polar surface area (TPSA) is 35.5 Å². The molecule has 1 fully saturated rings. The smallest absolute Gasteiger partial charge is 0.311 e. The van der Waals surface area contributed by atoms with Crippen LogP contribution in [0.1, 0.15) is 42.8 Å². The van der Waals surface area contributed by atoms with Crippen LogP contribution >= 0.6 is 23.5 Å². The highest BCUT2D eigenvalue weighted by Crippen LogP contribution is 2.46. The zero-order chi connectivity index (χ0) is 15.1. The first-order chi connectivity index (χ1) is 10.2. The van der Waals surface area contributed by atoms with Crippen molar-refractivity contribution in [2.45, 2.75) is 37.2 Å². The molecule has 0 atom stereocenters. The van der Waals surface area contributed by atoms with Crippen LogP contribution in [0, 0.1) is 0 Å². The SMILES string of the molecule is CCCCCC(=O)Oc1ccc(C2SCCS2)cc1OC. The predicted molar refractivity (Wildman–Crippen MR) is 90.4 cm³/mol. The zero-order valence-corrected chi connectivity index (χ0v) is 14.2. The Hall–Kier alpha value is -0.810. The van der Waals surface area contributed by atoms with Crippen LogP contribution in [0.25, 0.3) is 0 Å². The monoisotopic (exact) mass is 326 g/mol. The average molecular weight is 326 g/mol. The number of hydrogen-bond donors (Lipinski definition) is 0. The van der Waals surface area contributed by atoms with Crippen molar-refractivity contribution in [1.82, 2.24) is 0 Å². The van der Waals surface area contributed by atoms with Gasteiger partial charge in [-0.3, -0.25) is 4.79 Å². The molecule has 1 aliphatic heterocycles. The number of thioether (sulfide) groups is 2. The molecule has 0 aromatic heterocycles. The highest BCUT2D eigenvalue weighted by Gasteiger charge is 2.20. The number of esters is 1. The molecular weight excluding hydrogens is 304 g/mol. The van der Waals surface area contributed by atoms with Crippen LogP contribution in [-0.2, 0) is 4.79 Å². The highest BCUT2D eigenvalue weighted by atomic mass is 32.2. The largest absolute Gasteiger partial charge is 0.493 e. The average Bonchev–Trinajstić information content (AvgIpc) is 3.02. The molecule has 0 N–H and O–H groups in total. The summed E-state index contributed by atoms with van der Waals surface area (Å²) in [4.78, 5) is 11.8. The summed E-state index contributed by atoms with van der Waals surface area (Å²) in [5, 5.41) is 0. The number of carbonyl (C=O) groups excluding carboxylic acids is 1. The van der Waals surface area contributed by atoms with Crippen LogP contribution in [0.5, 0.6) is 11.5 Å². The Labute approximate surface area is 135 Å². The van der Waals surface area contributed by atoms with E-state index in [0.29, 0.717) is 22.5 Å². The Morgan fingerprint density at radius 3 is 2.67 bits per heavy atom. The second kappa shape index (κ2) is 8.59. The van der Waals surface area contributed by atoms with Gasteiger partial charge in [-0.05, 0) is 24.1 Å². The Morgan fingerprint density at radius 1 is 1.24 bits per heavy atom. The quantitative estimate of drug-likeness (QED) is 0.414. The van der Waals surface area contributed by atoms with E-state index >= 15 is 0 Å². The summed E-state index contributed by atoms with van der Waals surface area (Å²) in [5.74, 6) is 3.36. The van der Waals surface area contributed by atoms with Gasteiger partial charge in [-0.15, -0.1) is 23.5 Å². The molecule has 0 aliphatic carbocycles. The van der Waals surface area contributed by atoms with Crippen LogP contribution in [0.2, 0.25) is 0 Å². The van der Waals surface area contributed by atoms with E-state index in [1.165, 1.54) is 17.1 Å². The van der Waals surface area contributed by atoms with Gasteiger partial charge in [0.25, 0.3) is 0 Å². The minimum Gasteiger partial charge on any atom is -0.493 e. The molecule has 0 unspecified atom stereocenters. The minimum absolute atomic E-state index is 0.181. The van der Waals surface area contributed by atoms with E-state index < -0.39 is 0 Å². The van der Waals surface area contributed by atoms with E-state index in [1.807, 2.05) is 41.7 Å². The highest BCUT2D eigenvalue weighted by molar-refractivity contribution is 8.19. The minimum atomic E-state index is -0.181. The lowest BCUT2D eigenvalue weighted by Gasteiger charge is -2.13. The second-order valence-electron chi connectivity index (χ2n) is 4.91. The van der Waals surface area contributed by atoms with Gasteiger partial charge in [0.1, 0.15) is 0 Å². The number of ether oxygens (including phenoxy) is 2. The summed E-state index contributed by atoms with van der Waals surface area (Å²) in [6.07, 6.45) is 3.50. The zero-order valence-electron chi connectivity index (χ0n) is 12.6. The molecule has 1 aromatic carbocycles. The normalized spacial score (nSPS) is 15.1. The van der Waals surface area contributed by atoms with Crippen LogP contribution in [0.15, 0.2) is 18.2 Å². The summed E-state index contributed by atoms with van der Waals surface area (Å²) in [6, 6.07) is 5.88. The third-order valence-electron chi connectivity index (χ3n) is 3.29. The van der Waals surface area contributed by atoms with Gasteiger partial charge < -0.3 is 9.47 Å². The number of hydrogen-bond acceptors (Lipinski definition) is 5. The molecule has 0 amide bonds. The predicted octanol–water partition coefficient (Wildman–Crippen LogP) is 4.66. The van der Waals surface area contributed by atoms with Gasteiger partial charge in [0.05, 0.1) is 11.7 Å². The number of carbonyl (C=O) groups is 1. The van der Waals surface area contributed by atoms with E-state index in [1.54, 1.807) is 7.11 Å². The van der Waals surface area contributed by atoms with Crippen molar-refractivity contribution in [3.05, 3.63) is 23.8 Å². The lowest BCUT2D eigenvalue weighted by Crippen LogP contribution is -2.08. The molecular formula is C16H22O3S2. The van der Waals surface area contributed by atoms with Gasteiger partial charge in [-0.1, -0.05) is 25.8 Å². The Balaban J connectivity index is 2.00. The maximum atomic E-state index is 11.8. The van der Waals surface area contributed by atoms with Crippen molar-refractivity contribution in [3.63, 3.8) is 0 Å². The number of methoxy groups -OCH3 is 1. The van der Waals surface area contributed by atoms with Crippen molar-refractivity contribution in [3.8, 4) is 11.5 Å². The molecule has 3 nitrogen and oxygen atoms in total. The molecule has 1 aliphatic rings. The molecule has 1 aromatic rings. The standard InChI is InChI=1S/C16H22O3S2/c1-3-4-5-6-15(17)19-13-8-7-12(11-14(13)18-2)16-20-9-10-21-16/h7-8,11,16H,3-6,9-10H2,1-2H3. The number of unbranched alkanes of at least 4 members (excludes halogenated alkanes) is 2. The first-order valence-electron chi connectivity index (χ1n) is 7.36. The van der Waals surface area contributed by atoms with E-state index in [-0.39, 0.29) is 5.97 Å². The summed E-state index contributed by atoms with van der Waals surface area (Å²) in [7, 11) is 1.61. The van der Waals surface area contributed by atoms with Crippen molar-refractivity contribution < 1.29 is 14.3 Å². The molecule has 0 bridgehead atoms. The third kappa shape index (κ3) is 4.85. The van der Waals surface area contributed by atoms with E-state index in [2.05, 4.69) is 6.92 Å². The van der Waals surface area contributed by atoms with Gasteiger partial charge in [0, 0.05) is 17.9 Å². The molecule has 1 heterocycles. The second-order valence-corrected chi connectivity index (χ2v) is 7.64. The van der Waals surface area contributed by atoms with Gasteiger partial charge in [0.15, 0.2) is 11.5 Å².